The number of aromatic nitrogens is 1. The Hall–Kier alpha value is -2.56. The SMILES string of the molecule is CCOC(=O)c1ccnc(Oc2cccc(N)c2)c1. The number of hydrogen-bond donors (Lipinski definition) is 1. The van der Waals surface area contributed by atoms with Crippen molar-refractivity contribution in [2.45, 2.75) is 6.92 Å². The molecule has 19 heavy (non-hydrogen) atoms. The molecule has 1 aromatic heterocycles. The van der Waals surface area contributed by atoms with E-state index in [4.69, 9.17) is 15.2 Å². The van der Waals surface area contributed by atoms with Crippen molar-refractivity contribution in [3.63, 3.8) is 0 Å². The number of nitrogens with zero attached hydrogens (tertiary/aromatic N) is 1. The van der Waals surface area contributed by atoms with Crippen LogP contribution in [0.5, 0.6) is 11.6 Å². The van der Waals surface area contributed by atoms with Crippen LogP contribution >= 0.6 is 0 Å². The average molecular weight is 258 g/mol. The van der Waals surface area contributed by atoms with Gasteiger partial charge in [0.2, 0.25) is 5.88 Å². The van der Waals surface area contributed by atoms with Gasteiger partial charge in [0.1, 0.15) is 5.75 Å². The molecule has 2 aromatic rings. The zero-order valence-corrected chi connectivity index (χ0v) is 10.5. The lowest BCUT2D eigenvalue weighted by Crippen LogP contribution is -2.05. The number of ether oxygens (including phenoxy) is 2. The number of rotatable bonds is 4. The molecule has 0 aliphatic heterocycles. The van der Waals surface area contributed by atoms with E-state index in [-0.39, 0.29) is 0 Å². The summed E-state index contributed by atoms with van der Waals surface area (Å²) < 4.78 is 10.4. The lowest BCUT2D eigenvalue weighted by molar-refractivity contribution is 0.0526. The first-order valence-corrected chi connectivity index (χ1v) is 5.85. The number of hydrogen-bond acceptors (Lipinski definition) is 5. The highest BCUT2D eigenvalue weighted by Crippen LogP contribution is 2.22. The summed E-state index contributed by atoms with van der Waals surface area (Å²) in [4.78, 5) is 15.6. The number of pyridine rings is 1. The van der Waals surface area contributed by atoms with Gasteiger partial charge in [-0.05, 0) is 25.1 Å². The maximum Gasteiger partial charge on any atom is 0.338 e. The lowest BCUT2D eigenvalue weighted by atomic mass is 10.2. The van der Waals surface area contributed by atoms with Crippen molar-refractivity contribution in [1.82, 2.24) is 4.98 Å². The Kier molecular flexibility index (Phi) is 3.97. The molecule has 0 saturated carbocycles. The third-order valence-electron chi connectivity index (χ3n) is 2.33. The third-order valence-corrected chi connectivity index (χ3v) is 2.33. The monoisotopic (exact) mass is 258 g/mol. The number of anilines is 1. The number of nitrogens with two attached hydrogens (primary N) is 1. The molecule has 0 bridgehead atoms. The molecule has 0 saturated heterocycles. The van der Waals surface area contributed by atoms with E-state index in [1.807, 2.05) is 0 Å². The van der Waals surface area contributed by atoms with Crippen molar-refractivity contribution in [3.8, 4) is 11.6 Å². The first kappa shape index (κ1) is 12.9. The number of esters is 1. The molecule has 5 heteroatoms. The maximum atomic E-state index is 11.6. The van der Waals surface area contributed by atoms with Crippen molar-refractivity contribution < 1.29 is 14.3 Å². The second kappa shape index (κ2) is 5.86. The Bertz CT molecular complexity index is 584. The molecule has 2 N–H and O–H groups in total. The molecule has 0 aliphatic rings. The van der Waals surface area contributed by atoms with E-state index in [1.165, 1.54) is 12.3 Å². The first-order chi connectivity index (χ1) is 9.19. The van der Waals surface area contributed by atoms with Crippen molar-refractivity contribution in [2.75, 3.05) is 12.3 Å². The molecule has 1 heterocycles. The minimum atomic E-state index is -0.401. The van der Waals surface area contributed by atoms with Crippen LogP contribution in [0.1, 0.15) is 17.3 Å². The Labute approximate surface area is 111 Å². The summed E-state index contributed by atoms with van der Waals surface area (Å²) in [5, 5.41) is 0. The first-order valence-electron chi connectivity index (χ1n) is 5.85. The van der Waals surface area contributed by atoms with Crippen LogP contribution in [0.15, 0.2) is 42.6 Å². The number of nitrogen functional groups attached to an aromatic ring is 1. The molecule has 0 spiro atoms. The van der Waals surface area contributed by atoms with E-state index in [0.717, 1.165) is 0 Å². The molecule has 5 nitrogen and oxygen atoms in total. The quantitative estimate of drug-likeness (QED) is 0.674. The summed E-state index contributed by atoms with van der Waals surface area (Å²) in [6.45, 7) is 2.08. The van der Waals surface area contributed by atoms with Crippen LogP contribution in [0, 0.1) is 0 Å². The molecule has 0 unspecified atom stereocenters. The van der Waals surface area contributed by atoms with Crippen LogP contribution in [0.4, 0.5) is 5.69 Å². The van der Waals surface area contributed by atoms with E-state index in [0.29, 0.717) is 29.5 Å². The van der Waals surface area contributed by atoms with Gasteiger partial charge in [-0.25, -0.2) is 9.78 Å². The molecule has 98 valence electrons. The number of carbonyl (C=O) groups is 1. The molecule has 0 amide bonds. The van der Waals surface area contributed by atoms with Crippen LogP contribution in [0.25, 0.3) is 0 Å². The summed E-state index contributed by atoms with van der Waals surface area (Å²) in [5.74, 6) is 0.479. The molecule has 0 radical (unpaired) electrons. The average Bonchev–Trinajstić information content (AvgIpc) is 2.39. The summed E-state index contributed by atoms with van der Waals surface area (Å²) in [7, 11) is 0. The minimum Gasteiger partial charge on any atom is -0.462 e. The molecule has 0 aliphatic carbocycles. The predicted molar refractivity (Wildman–Crippen MR) is 71.1 cm³/mol. The molecular formula is C14H14N2O3. The zero-order valence-electron chi connectivity index (χ0n) is 10.5. The van der Waals surface area contributed by atoms with Gasteiger partial charge in [-0.3, -0.25) is 0 Å². The van der Waals surface area contributed by atoms with Crippen LogP contribution < -0.4 is 10.5 Å². The summed E-state index contributed by atoms with van der Waals surface area (Å²) >= 11 is 0. The van der Waals surface area contributed by atoms with Crippen molar-refractivity contribution in [1.29, 1.82) is 0 Å². The van der Waals surface area contributed by atoms with Gasteiger partial charge >= 0.3 is 5.97 Å². The second-order valence-electron chi connectivity index (χ2n) is 3.78. The molecule has 0 fully saturated rings. The topological polar surface area (TPSA) is 74.4 Å². The predicted octanol–water partition coefficient (Wildman–Crippen LogP) is 2.63. The van der Waals surface area contributed by atoms with E-state index in [9.17, 15) is 4.79 Å². The fourth-order valence-electron chi connectivity index (χ4n) is 1.51. The van der Waals surface area contributed by atoms with Gasteiger partial charge < -0.3 is 15.2 Å². The Morgan fingerprint density at radius 3 is 2.89 bits per heavy atom. The second-order valence-corrected chi connectivity index (χ2v) is 3.78. The van der Waals surface area contributed by atoms with Gasteiger partial charge in [-0.2, -0.15) is 0 Å². The highest BCUT2D eigenvalue weighted by molar-refractivity contribution is 5.89. The highest BCUT2D eigenvalue weighted by Gasteiger charge is 2.08. The van der Waals surface area contributed by atoms with Crippen LogP contribution in [-0.2, 0) is 4.74 Å². The van der Waals surface area contributed by atoms with Gasteiger partial charge in [0.25, 0.3) is 0 Å². The Morgan fingerprint density at radius 1 is 1.32 bits per heavy atom. The summed E-state index contributed by atoms with van der Waals surface area (Å²) in [5.41, 5.74) is 6.65. The van der Waals surface area contributed by atoms with E-state index < -0.39 is 5.97 Å². The van der Waals surface area contributed by atoms with E-state index in [2.05, 4.69) is 4.98 Å². The molecule has 2 rings (SSSR count). The third kappa shape index (κ3) is 3.45. The van der Waals surface area contributed by atoms with Gasteiger partial charge in [-0.15, -0.1) is 0 Å². The summed E-state index contributed by atoms with van der Waals surface area (Å²) in [6.07, 6.45) is 1.49. The normalized spacial score (nSPS) is 9.95. The van der Waals surface area contributed by atoms with Crippen molar-refractivity contribution in [2.24, 2.45) is 0 Å². The van der Waals surface area contributed by atoms with Crippen LogP contribution in [0.2, 0.25) is 0 Å². The molecule has 1 aromatic carbocycles. The standard InChI is InChI=1S/C14H14N2O3/c1-2-18-14(17)10-6-7-16-13(8-10)19-12-5-3-4-11(15)9-12/h3-9H,2,15H2,1H3. The Balaban J connectivity index is 2.17. The zero-order chi connectivity index (χ0) is 13.7. The largest absolute Gasteiger partial charge is 0.462 e. The van der Waals surface area contributed by atoms with Gasteiger partial charge in [0, 0.05) is 24.0 Å². The van der Waals surface area contributed by atoms with Crippen molar-refractivity contribution in [3.05, 3.63) is 48.2 Å². The maximum absolute atomic E-state index is 11.6. The van der Waals surface area contributed by atoms with Gasteiger partial charge in [0.05, 0.1) is 12.2 Å². The minimum absolute atomic E-state index is 0.316. The van der Waals surface area contributed by atoms with E-state index >= 15 is 0 Å². The number of benzene rings is 1. The Morgan fingerprint density at radius 2 is 2.16 bits per heavy atom. The highest BCUT2D eigenvalue weighted by atomic mass is 16.5. The van der Waals surface area contributed by atoms with Gasteiger partial charge in [0.15, 0.2) is 0 Å². The van der Waals surface area contributed by atoms with Crippen LogP contribution in [-0.4, -0.2) is 17.6 Å². The summed E-state index contributed by atoms with van der Waals surface area (Å²) in [6, 6.07) is 10.1. The van der Waals surface area contributed by atoms with E-state index in [1.54, 1.807) is 37.3 Å². The fraction of sp³-hybridized carbons (Fsp3) is 0.143. The smallest absolute Gasteiger partial charge is 0.338 e. The van der Waals surface area contributed by atoms with Gasteiger partial charge in [-0.1, -0.05) is 6.07 Å². The van der Waals surface area contributed by atoms with Crippen molar-refractivity contribution >= 4 is 11.7 Å². The fourth-order valence-corrected chi connectivity index (χ4v) is 1.51. The lowest BCUT2D eigenvalue weighted by Gasteiger charge is -2.06. The van der Waals surface area contributed by atoms with Crippen LogP contribution in [0.3, 0.4) is 0 Å². The number of carbonyl (C=O) groups excluding carboxylic acids is 1. The molecule has 0 atom stereocenters. The molecular weight excluding hydrogens is 244 g/mol.